The van der Waals surface area contributed by atoms with Crippen LogP contribution in [0.15, 0.2) is 36.4 Å². The normalized spacial score (nSPS) is 10.3. The molecule has 0 fully saturated rings. The number of aryl methyl sites for hydroxylation is 1. The predicted octanol–water partition coefficient (Wildman–Crippen LogP) is 4.11. The van der Waals surface area contributed by atoms with Gasteiger partial charge in [-0.15, -0.1) is 0 Å². The standard InChI is InChI=1S/C13H12ClFN2/c1-8-5-6-11(9(14)7-8)17-12-4-2-3-10(15)13(12)16/h2-7,17H,16H2,1H3. The SMILES string of the molecule is Cc1ccc(Nc2cccc(F)c2N)c(Cl)c1. The molecule has 3 N–H and O–H groups in total. The molecule has 2 aromatic rings. The van der Waals surface area contributed by atoms with Crippen LogP contribution in [0.1, 0.15) is 5.56 Å². The number of hydrogen-bond acceptors (Lipinski definition) is 2. The van der Waals surface area contributed by atoms with Gasteiger partial charge in [-0.2, -0.15) is 0 Å². The molecule has 17 heavy (non-hydrogen) atoms. The third-order valence-electron chi connectivity index (χ3n) is 2.45. The second kappa shape index (κ2) is 4.63. The van der Waals surface area contributed by atoms with E-state index in [9.17, 15) is 4.39 Å². The zero-order chi connectivity index (χ0) is 12.4. The van der Waals surface area contributed by atoms with Crippen LogP contribution in [0.25, 0.3) is 0 Å². The van der Waals surface area contributed by atoms with E-state index in [1.165, 1.54) is 6.07 Å². The first-order chi connectivity index (χ1) is 8.08. The molecule has 88 valence electrons. The van der Waals surface area contributed by atoms with Crippen LogP contribution < -0.4 is 11.1 Å². The van der Waals surface area contributed by atoms with E-state index in [1.807, 2.05) is 25.1 Å². The van der Waals surface area contributed by atoms with Gasteiger partial charge in [0.1, 0.15) is 5.82 Å². The zero-order valence-electron chi connectivity index (χ0n) is 9.30. The third-order valence-corrected chi connectivity index (χ3v) is 2.76. The number of hydrogen-bond donors (Lipinski definition) is 2. The number of para-hydroxylation sites is 1. The van der Waals surface area contributed by atoms with E-state index in [4.69, 9.17) is 17.3 Å². The van der Waals surface area contributed by atoms with E-state index < -0.39 is 5.82 Å². The summed E-state index contributed by atoms with van der Waals surface area (Å²) in [5.41, 5.74) is 7.99. The van der Waals surface area contributed by atoms with E-state index >= 15 is 0 Å². The average molecular weight is 251 g/mol. The lowest BCUT2D eigenvalue weighted by Gasteiger charge is -2.11. The van der Waals surface area contributed by atoms with Crippen LogP contribution in [0, 0.1) is 12.7 Å². The van der Waals surface area contributed by atoms with Gasteiger partial charge in [-0.25, -0.2) is 4.39 Å². The molecule has 0 saturated heterocycles. The van der Waals surface area contributed by atoms with E-state index in [0.29, 0.717) is 16.4 Å². The Morgan fingerprint density at radius 3 is 2.65 bits per heavy atom. The summed E-state index contributed by atoms with van der Waals surface area (Å²) in [5.74, 6) is -0.446. The van der Waals surface area contributed by atoms with Gasteiger partial charge in [0.05, 0.1) is 22.1 Å². The molecule has 0 heterocycles. The van der Waals surface area contributed by atoms with E-state index in [-0.39, 0.29) is 5.69 Å². The summed E-state index contributed by atoms with van der Waals surface area (Å²) >= 11 is 6.07. The topological polar surface area (TPSA) is 38.0 Å². The minimum atomic E-state index is -0.446. The molecule has 2 rings (SSSR count). The minimum Gasteiger partial charge on any atom is -0.395 e. The largest absolute Gasteiger partial charge is 0.395 e. The van der Waals surface area contributed by atoms with Gasteiger partial charge in [-0.3, -0.25) is 0 Å². The van der Waals surface area contributed by atoms with Crippen LogP contribution in [-0.4, -0.2) is 0 Å². The van der Waals surface area contributed by atoms with Crippen molar-refractivity contribution >= 4 is 28.7 Å². The molecule has 0 saturated carbocycles. The zero-order valence-corrected chi connectivity index (χ0v) is 10.1. The van der Waals surface area contributed by atoms with Gasteiger partial charge in [0.15, 0.2) is 0 Å². The highest BCUT2D eigenvalue weighted by atomic mass is 35.5. The quantitative estimate of drug-likeness (QED) is 0.787. The molecular weight excluding hydrogens is 239 g/mol. The summed E-state index contributed by atoms with van der Waals surface area (Å²) in [7, 11) is 0. The number of rotatable bonds is 2. The number of halogens is 2. The lowest BCUT2D eigenvalue weighted by Crippen LogP contribution is -1.99. The van der Waals surface area contributed by atoms with Crippen molar-refractivity contribution in [3.8, 4) is 0 Å². The Bertz CT molecular complexity index is 555. The summed E-state index contributed by atoms with van der Waals surface area (Å²) in [6, 6.07) is 10.2. The Morgan fingerprint density at radius 2 is 1.94 bits per heavy atom. The highest BCUT2D eigenvalue weighted by Gasteiger charge is 2.06. The summed E-state index contributed by atoms with van der Waals surface area (Å²) in [4.78, 5) is 0. The fourth-order valence-corrected chi connectivity index (χ4v) is 1.79. The van der Waals surface area contributed by atoms with Crippen LogP contribution in [-0.2, 0) is 0 Å². The second-order valence-electron chi connectivity index (χ2n) is 3.81. The molecule has 0 bridgehead atoms. The van der Waals surface area contributed by atoms with Gasteiger partial charge in [-0.05, 0) is 36.8 Å². The molecule has 0 radical (unpaired) electrons. The van der Waals surface area contributed by atoms with Gasteiger partial charge < -0.3 is 11.1 Å². The lowest BCUT2D eigenvalue weighted by molar-refractivity contribution is 0.633. The Balaban J connectivity index is 2.35. The molecule has 0 aliphatic heterocycles. The number of benzene rings is 2. The van der Waals surface area contributed by atoms with Crippen molar-refractivity contribution in [2.24, 2.45) is 0 Å². The van der Waals surface area contributed by atoms with Gasteiger partial charge in [0.25, 0.3) is 0 Å². The molecule has 0 aromatic heterocycles. The minimum absolute atomic E-state index is 0.0872. The van der Waals surface area contributed by atoms with Gasteiger partial charge in [0.2, 0.25) is 0 Å². The van der Waals surface area contributed by atoms with Gasteiger partial charge in [-0.1, -0.05) is 23.7 Å². The highest BCUT2D eigenvalue weighted by Crippen LogP contribution is 2.30. The van der Waals surface area contributed by atoms with Crippen molar-refractivity contribution in [1.29, 1.82) is 0 Å². The molecule has 0 atom stereocenters. The third kappa shape index (κ3) is 2.50. The number of nitrogens with two attached hydrogens (primary N) is 1. The van der Waals surface area contributed by atoms with Gasteiger partial charge >= 0.3 is 0 Å². The average Bonchev–Trinajstić information content (AvgIpc) is 2.28. The molecule has 4 heteroatoms. The Morgan fingerprint density at radius 1 is 1.18 bits per heavy atom. The summed E-state index contributed by atoms with van der Waals surface area (Å²) in [5, 5.41) is 3.59. The van der Waals surface area contributed by atoms with Crippen LogP contribution in [0.5, 0.6) is 0 Å². The maximum Gasteiger partial charge on any atom is 0.148 e. The van der Waals surface area contributed by atoms with Crippen molar-refractivity contribution in [2.45, 2.75) is 6.92 Å². The lowest BCUT2D eigenvalue weighted by atomic mass is 10.2. The first-order valence-electron chi connectivity index (χ1n) is 5.15. The van der Waals surface area contributed by atoms with Crippen molar-refractivity contribution in [1.82, 2.24) is 0 Å². The molecule has 0 spiro atoms. The van der Waals surface area contributed by atoms with Crippen molar-refractivity contribution in [2.75, 3.05) is 11.1 Å². The maximum atomic E-state index is 13.2. The Labute approximate surface area is 104 Å². The summed E-state index contributed by atoms with van der Waals surface area (Å²) in [6.07, 6.45) is 0. The van der Waals surface area contributed by atoms with Gasteiger partial charge in [0, 0.05) is 0 Å². The fourth-order valence-electron chi connectivity index (χ4n) is 1.51. The maximum absolute atomic E-state index is 13.2. The van der Waals surface area contributed by atoms with E-state index in [2.05, 4.69) is 5.32 Å². The molecule has 0 amide bonds. The summed E-state index contributed by atoms with van der Waals surface area (Å²) < 4.78 is 13.2. The van der Waals surface area contributed by atoms with Crippen LogP contribution in [0.3, 0.4) is 0 Å². The Hall–Kier alpha value is -1.74. The van der Waals surface area contributed by atoms with Crippen LogP contribution in [0.4, 0.5) is 21.5 Å². The smallest absolute Gasteiger partial charge is 0.148 e. The van der Waals surface area contributed by atoms with Crippen molar-refractivity contribution in [3.63, 3.8) is 0 Å². The molecule has 0 unspecified atom stereocenters. The highest BCUT2D eigenvalue weighted by molar-refractivity contribution is 6.33. The van der Waals surface area contributed by atoms with E-state index in [1.54, 1.807) is 12.1 Å². The fraction of sp³-hybridized carbons (Fsp3) is 0.0769. The Kier molecular flexibility index (Phi) is 3.20. The van der Waals surface area contributed by atoms with Crippen molar-refractivity contribution < 1.29 is 4.39 Å². The number of nitrogens with one attached hydrogen (secondary N) is 1. The molecule has 0 aliphatic carbocycles. The second-order valence-corrected chi connectivity index (χ2v) is 4.22. The monoisotopic (exact) mass is 250 g/mol. The van der Waals surface area contributed by atoms with Crippen LogP contribution in [0.2, 0.25) is 5.02 Å². The first-order valence-corrected chi connectivity index (χ1v) is 5.53. The molecule has 2 nitrogen and oxygen atoms in total. The van der Waals surface area contributed by atoms with Crippen molar-refractivity contribution in [3.05, 3.63) is 52.8 Å². The molecule has 2 aromatic carbocycles. The number of nitrogen functional groups attached to an aromatic ring is 1. The number of anilines is 3. The first kappa shape index (κ1) is 11.7. The molecule has 0 aliphatic rings. The van der Waals surface area contributed by atoms with Crippen LogP contribution >= 0.6 is 11.6 Å². The summed E-state index contributed by atoms with van der Waals surface area (Å²) in [6.45, 7) is 1.95. The molecular formula is C13H12ClFN2. The van der Waals surface area contributed by atoms with E-state index in [0.717, 1.165) is 5.56 Å². The predicted molar refractivity (Wildman–Crippen MR) is 70.3 cm³/mol.